The molecule has 0 atom stereocenters. The van der Waals surface area contributed by atoms with E-state index < -0.39 is 0 Å². The first kappa shape index (κ1) is 10.3. The van der Waals surface area contributed by atoms with Crippen LogP contribution in [0.3, 0.4) is 0 Å². The third kappa shape index (κ3) is 2.30. The van der Waals surface area contributed by atoms with Crippen LogP contribution in [0.15, 0.2) is 24.3 Å². The molecule has 0 spiro atoms. The molecule has 0 saturated heterocycles. The molecule has 1 aromatic carbocycles. The summed E-state index contributed by atoms with van der Waals surface area (Å²) < 4.78 is 0. The second-order valence-corrected chi connectivity index (χ2v) is 5.40. The molecule has 0 amide bonds. The Morgan fingerprint density at radius 1 is 1.06 bits per heavy atom. The van der Waals surface area contributed by atoms with Crippen LogP contribution in [0.25, 0.3) is 0 Å². The third-order valence-electron chi connectivity index (χ3n) is 4.05. The predicted molar refractivity (Wildman–Crippen MR) is 67.5 cm³/mol. The minimum Gasteiger partial charge on any atom is -0.312 e. The van der Waals surface area contributed by atoms with Crippen LogP contribution in [0.5, 0.6) is 0 Å². The van der Waals surface area contributed by atoms with Crippen molar-refractivity contribution in [3.63, 3.8) is 0 Å². The van der Waals surface area contributed by atoms with Gasteiger partial charge in [-0.15, -0.1) is 0 Å². The van der Waals surface area contributed by atoms with Crippen LogP contribution in [0.2, 0.25) is 0 Å². The van der Waals surface area contributed by atoms with Crippen LogP contribution in [-0.4, -0.2) is 6.54 Å². The van der Waals surface area contributed by atoms with E-state index in [0.717, 1.165) is 18.4 Å². The van der Waals surface area contributed by atoms with Gasteiger partial charge in [0.1, 0.15) is 0 Å². The normalized spacial score (nSPS) is 20.8. The van der Waals surface area contributed by atoms with E-state index in [1.54, 1.807) is 5.56 Å². The Bertz CT molecular complexity index is 350. The number of rotatable bonds is 5. The zero-order valence-electron chi connectivity index (χ0n) is 9.91. The van der Waals surface area contributed by atoms with Crippen LogP contribution in [0.1, 0.15) is 49.1 Å². The average Bonchev–Trinajstić information content (AvgIpc) is 3.06. The lowest BCUT2D eigenvalue weighted by molar-refractivity contribution is 0.301. The van der Waals surface area contributed by atoms with Gasteiger partial charge in [0.05, 0.1) is 0 Å². The molecule has 2 fully saturated rings. The van der Waals surface area contributed by atoms with Crippen molar-refractivity contribution in [2.75, 3.05) is 6.54 Å². The molecule has 0 aliphatic heterocycles. The number of hydrogen-bond acceptors (Lipinski definition) is 1. The van der Waals surface area contributed by atoms with Crippen molar-refractivity contribution in [1.29, 1.82) is 0 Å². The maximum atomic E-state index is 3.63. The van der Waals surface area contributed by atoms with Gasteiger partial charge in [-0.2, -0.15) is 0 Å². The van der Waals surface area contributed by atoms with Crippen molar-refractivity contribution in [2.24, 2.45) is 5.92 Å². The van der Waals surface area contributed by atoms with Crippen molar-refractivity contribution in [1.82, 2.24) is 5.32 Å². The van der Waals surface area contributed by atoms with Gasteiger partial charge in [0, 0.05) is 6.54 Å². The van der Waals surface area contributed by atoms with Gasteiger partial charge in [0.25, 0.3) is 0 Å². The molecule has 0 bridgehead atoms. The first-order valence-electron chi connectivity index (χ1n) is 6.72. The van der Waals surface area contributed by atoms with Gasteiger partial charge in [-0.25, -0.2) is 0 Å². The highest BCUT2D eigenvalue weighted by Crippen LogP contribution is 2.41. The molecule has 0 aromatic heterocycles. The van der Waals surface area contributed by atoms with E-state index >= 15 is 0 Å². The van der Waals surface area contributed by atoms with Crippen molar-refractivity contribution in [2.45, 2.75) is 44.6 Å². The smallest absolute Gasteiger partial charge is 0.0208 e. The quantitative estimate of drug-likeness (QED) is 0.793. The number of nitrogens with one attached hydrogen (secondary N) is 1. The van der Waals surface area contributed by atoms with E-state index in [0.29, 0.717) is 0 Å². The third-order valence-corrected chi connectivity index (χ3v) is 4.05. The van der Waals surface area contributed by atoms with Gasteiger partial charge >= 0.3 is 0 Å². The zero-order valence-corrected chi connectivity index (χ0v) is 9.91. The summed E-state index contributed by atoms with van der Waals surface area (Å²) in [4.78, 5) is 0. The van der Waals surface area contributed by atoms with Gasteiger partial charge in [0.2, 0.25) is 0 Å². The van der Waals surface area contributed by atoms with Crippen LogP contribution in [0.4, 0.5) is 0 Å². The fraction of sp³-hybridized carbons (Fsp3) is 0.600. The molecule has 2 aliphatic rings. The Hall–Kier alpha value is -0.820. The van der Waals surface area contributed by atoms with Crippen molar-refractivity contribution in [3.8, 4) is 0 Å². The summed E-state index contributed by atoms with van der Waals surface area (Å²) in [5.74, 6) is 1.84. The van der Waals surface area contributed by atoms with Crippen molar-refractivity contribution < 1.29 is 0 Å². The van der Waals surface area contributed by atoms with Crippen molar-refractivity contribution >= 4 is 0 Å². The first-order chi connectivity index (χ1) is 7.93. The van der Waals surface area contributed by atoms with E-state index in [-0.39, 0.29) is 0 Å². The van der Waals surface area contributed by atoms with E-state index in [9.17, 15) is 0 Å². The summed E-state index contributed by atoms with van der Waals surface area (Å²) in [7, 11) is 0. The highest BCUT2D eigenvalue weighted by Gasteiger charge is 2.25. The molecular weight excluding hydrogens is 194 g/mol. The highest BCUT2D eigenvalue weighted by atomic mass is 14.9. The second kappa shape index (κ2) is 4.58. The summed E-state index contributed by atoms with van der Waals surface area (Å²) in [6.45, 7) is 2.29. The lowest BCUT2D eigenvalue weighted by atomic mass is 9.85. The molecule has 2 aliphatic carbocycles. The minimum atomic E-state index is 0.877. The highest BCUT2D eigenvalue weighted by molar-refractivity contribution is 5.33. The van der Waals surface area contributed by atoms with Gasteiger partial charge < -0.3 is 5.32 Å². The fourth-order valence-electron chi connectivity index (χ4n) is 2.60. The van der Waals surface area contributed by atoms with E-state index in [1.807, 2.05) is 0 Å². The molecule has 86 valence electrons. The molecule has 2 saturated carbocycles. The topological polar surface area (TPSA) is 12.0 Å². The summed E-state index contributed by atoms with van der Waals surface area (Å²) in [6, 6.07) is 8.97. The molecule has 1 heteroatoms. The van der Waals surface area contributed by atoms with Gasteiger partial charge in [0.15, 0.2) is 0 Å². The SMILES string of the molecule is c1ccc(C2CC2)c(CNCC2CCC2)c1. The first-order valence-corrected chi connectivity index (χ1v) is 6.72. The molecule has 3 rings (SSSR count). The Kier molecular flexibility index (Phi) is 2.96. The van der Waals surface area contributed by atoms with Crippen LogP contribution in [-0.2, 0) is 6.54 Å². The maximum absolute atomic E-state index is 3.63. The Labute approximate surface area is 98.3 Å². The summed E-state index contributed by atoms with van der Waals surface area (Å²) in [6.07, 6.45) is 7.14. The fourth-order valence-corrected chi connectivity index (χ4v) is 2.60. The molecule has 1 N–H and O–H groups in total. The van der Waals surface area contributed by atoms with Gasteiger partial charge in [-0.05, 0) is 55.2 Å². The summed E-state index contributed by atoms with van der Waals surface area (Å²) in [5.41, 5.74) is 3.13. The number of hydrogen-bond donors (Lipinski definition) is 1. The Balaban J connectivity index is 1.55. The Morgan fingerprint density at radius 2 is 1.88 bits per heavy atom. The molecule has 0 heterocycles. The van der Waals surface area contributed by atoms with Crippen LogP contribution in [0, 0.1) is 5.92 Å². The van der Waals surface area contributed by atoms with Crippen LogP contribution >= 0.6 is 0 Å². The second-order valence-electron chi connectivity index (χ2n) is 5.40. The van der Waals surface area contributed by atoms with Gasteiger partial charge in [-0.1, -0.05) is 30.7 Å². The maximum Gasteiger partial charge on any atom is 0.0208 e. The lowest BCUT2D eigenvalue weighted by Crippen LogP contribution is -2.27. The van der Waals surface area contributed by atoms with Crippen LogP contribution < -0.4 is 5.32 Å². The molecule has 16 heavy (non-hydrogen) atoms. The molecular formula is C15H21N. The predicted octanol–water partition coefficient (Wildman–Crippen LogP) is 3.45. The standard InChI is InChI=1S/C15H21N/c1-2-7-15(13-8-9-13)14(6-1)11-16-10-12-4-3-5-12/h1-2,6-7,12-13,16H,3-5,8-11H2. The number of benzene rings is 1. The molecule has 1 nitrogen and oxygen atoms in total. The van der Waals surface area contributed by atoms with E-state index in [4.69, 9.17) is 0 Å². The minimum absolute atomic E-state index is 0.877. The monoisotopic (exact) mass is 215 g/mol. The van der Waals surface area contributed by atoms with E-state index in [2.05, 4.69) is 29.6 Å². The largest absolute Gasteiger partial charge is 0.312 e. The molecule has 1 aromatic rings. The van der Waals surface area contributed by atoms with E-state index in [1.165, 1.54) is 44.2 Å². The van der Waals surface area contributed by atoms with Crippen molar-refractivity contribution in [3.05, 3.63) is 35.4 Å². The lowest BCUT2D eigenvalue weighted by Gasteiger charge is -2.25. The Morgan fingerprint density at radius 3 is 2.56 bits per heavy atom. The average molecular weight is 215 g/mol. The summed E-state index contributed by atoms with van der Waals surface area (Å²) in [5, 5.41) is 3.63. The zero-order chi connectivity index (χ0) is 10.8. The molecule has 0 unspecified atom stereocenters. The van der Waals surface area contributed by atoms with Gasteiger partial charge in [-0.3, -0.25) is 0 Å². The summed E-state index contributed by atoms with van der Waals surface area (Å²) >= 11 is 0. The molecule has 0 radical (unpaired) electrons.